The maximum atomic E-state index is 13.8. The molecule has 8 nitrogen and oxygen atoms in total. The molecule has 7 rings (SSSR count). The van der Waals surface area contributed by atoms with Crippen molar-refractivity contribution in [2.75, 3.05) is 24.7 Å². The van der Waals surface area contributed by atoms with Crippen molar-refractivity contribution in [1.82, 2.24) is 19.7 Å². The molecule has 2 aliphatic heterocycles. The van der Waals surface area contributed by atoms with E-state index in [1.54, 1.807) is 23.7 Å². The predicted molar refractivity (Wildman–Crippen MR) is 140 cm³/mol. The Balaban J connectivity index is 1.21. The monoisotopic (exact) mass is 511 g/mol. The van der Waals surface area contributed by atoms with E-state index in [0.717, 1.165) is 26.6 Å². The second-order valence-corrected chi connectivity index (χ2v) is 11.0. The lowest BCUT2D eigenvalue weighted by Gasteiger charge is -2.27. The Kier molecular flexibility index (Phi) is 5.48. The topological polar surface area (TPSA) is 90.2 Å². The molecular weight excluding hydrogens is 486 g/mol. The number of ketones is 1. The number of hydrogen-bond acceptors (Lipinski definition) is 7. The SMILES string of the molecule is O=C(CC1CC1)c1cc2c(s1)-c1ccccc1N(C(=O)c1cccc(-c3nncn3C3COC3)n1)CC2. The minimum Gasteiger partial charge on any atom is -0.377 e. The van der Waals surface area contributed by atoms with Gasteiger partial charge < -0.3 is 14.2 Å². The van der Waals surface area contributed by atoms with Gasteiger partial charge in [0.25, 0.3) is 5.91 Å². The van der Waals surface area contributed by atoms with Crippen LogP contribution in [-0.2, 0) is 11.2 Å². The third-order valence-electron chi connectivity index (χ3n) is 7.33. The summed E-state index contributed by atoms with van der Waals surface area (Å²) in [4.78, 5) is 35.1. The van der Waals surface area contributed by atoms with Crippen LogP contribution < -0.4 is 4.90 Å². The number of pyridine rings is 1. The van der Waals surface area contributed by atoms with Crippen LogP contribution in [0.2, 0.25) is 0 Å². The first-order chi connectivity index (χ1) is 18.2. The van der Waals surface area contributed by atoms with Gasteiger partial charge in [0.1, 0.15) is 17.7 Å². The molecular formula is C28H25N5O3S. The van der Waals surface area contributed by atoms with E-state index in [0.29, 0.717) is 55.7 Å². The molecule has 37 heavy (non-hydrogen) atoms. The Bertz CT molecular complexity index is 1520. The molecule has 3 aliphatic rings. The average Bonchev–Trinajstić information content (AvgIpc) is 3.44. The van der Waals surface area contributed by atoms with E-state index in [9.17, 15) is 9.59 Å². The fraction of sp³-hybridized carbons (Fsp3) is 0.321. The molecule has 1 saturated carbocycles. The molecule has 5 heterocycles. The fourth-order valence-electron chi connectivity index (χ4n) is 5.02. The number of amides is 1. The number of para-hydroxylation sites is 1. The summed E-state index contributed by atoms with van der Waals surface area (Å²) in [6.07, 6.45) is 5.35. The van der Waals surface area contributed by atoms with Crippen LogP contribution in [0.1, 0.15) is 51.0 Å². The maximum Gasteiger partial charge on any atom is 0.276 e. The molecule has 1 aromatic carbocycles. The lowest BCUT2D eigenvalue weighted by atomic mass is 10.1. The zero-order valence-electron chi connectivity index (χ0n) is 20.2. The Morgan fingerprint density at radius 2 is 1.95 bits per heavy atom. The van der Waals surface area contributed by atoms with Crippen LogP contribution in [0.25, 0.3) is 22.0 Å². The van der Waals surface area contributed by atoms with Gasteiger partial charge >= 0.3 is 0 Å². The second kappa shape index (κ2) is 9.00. The molecule has 0 bridgehead atoms. The third kappa shape index (κ3) is 4.08. The van der Waals surface area contributed by atoms with E-state index in [2.05, 4.69) is 10.2 Å². The largest absolute Gasteiger partial charge is 0.377 e. The van der Waals surface area contributed by atoms with Crippen LogP contribution in [0.15, 0.2) is 54.9 Å². The number of ether oxygens (including phenoxy) is 1. The predicted octanol–water partition coefficient (Wildman–Crippen LogP) is 4.83. The van der Waals surface area contributed by atoms with Crippen molar-refractivity contribution in [2.24, 2.45) is 5.92 Å². The summed E-state index contributed by atoms with van der Waals surface area (Å²) in [6.45, 7) is 1.75. The molecule has 3 aromatic heterocycles. The summed E-state index contributed by atoms with van der Waals surface area (Å²) in [5.74, 6) is 1.28. The molecule has 0 unspecified atom stereocenters. The lowest BCUT2D eigenvalue weighted by Crippen LogP contribution is -2.33. The molecule has 1 saturated heterocycles. The number of Topliss-reactive ketones (excluding diaryl/α,β-unsaturated/α-hetero) is 1. The molecule has 0 spiro atoms. The van der Waals surface area contributed by atoms with Crippen LogP contribution in [0.3, 0.4) is 0 Å². The van der Waals surface area contributed by atoms with Crippen molar-refractivity contribution in [3.05, 3.63) is 71.0 Å². The third-order valence-corrected chi connectivity index (χ3v) is 8.58. The van der Waals surface area contributed by atoms with Gasteiger partial charge in [0, 0.05) is 23.4 Å². The zero-order valence-corrected chi connectivity index (χ0v) is 21.0. The standard InChI is InChI=1S/C28H25N5O3S/c34-24(12-17-8-9-17)25-13-18-10-11-32(23-7-2-1-4-20(23)26(18)37-25)28(35)22-6-3-5-21(30-22)27-31-29-16-33(27)19-14-36-15-19/h1-7,13,16-17,19H,8-12,14-15H2. The summed E-state index contributed by atoms with van der Waals surface area (Å²) >= 11 is 1.56. The van der Waals surface area contributed by atoms with Crippen molar-refractivity contribution < 1.29 is 14.3 Å². The van der Waals surface area contributed by atoms with E-state index in [-0.39, 0.29) is 17.7 Å². The van der Waals surface area contributed by atoms with Crippen molar-refractivity contribution in [2.45, 2.75) is 31.7 Å². The van der Waals surface area contributed by atoms with E-state index >= 15 is 0 Å². The molecule has 9 heteroatoms. The minimum absolute atomic E-state index is 0.160. The summed E-state index contributed by atoms with van der Waals surface area (Å²) in [5.41, 5.74) is 3.92. The van der Waals surface area contributed by atoms with E-state index in [1.807, 2.05) is 51.9 Å². The number of hydrogen-bond donors (Lipinski definition) is 0. The van der Waals surface area contributed by atoms with Gasteiger partial charge in [-0.2, -0.15) is 0 Å². The molecule has 1 aliphatic carbocycles. The van der Waals surface area contributed by atoms with Crippen molar-refractivity contribution in [1.29, 1.82) is 0 Å². The lowest BCUT2D eigenvalue weighted by molar-refractivity contribution is -0.0228. The number of aromatic nitrogens is 4. The van der Waals surface area contributed by atoms with Crippen LogP contribution in [0.5, 0.6) is 0 Å². The molecule has 2 fully saturated rings. The Labute approximate surface area is 217 Å². The van der Waals surface area contributed by atoms with Crippen LogP contribution in [0, 0.1) is 5.92 Å². The molecule has 1 amide bonds. The smallest absolute Gasteiger partial charge is 0.276 e. The first-order valence-electron chi connectivity index (χ1n) is 12.7. The van der Waals surface area contributed by atoms with Crippen LogP contribution in [-0.4, -0.2) is 51.2 Å². The van der Waals surface area contributed by atoms with Crippen LogP contribution >= 0.6 is 11.3 Å². The Morgan fingerprint density at radius 3 is 2.76 bits per heavy atom. The number of carbonyl (C=O) groups is 2. The number of nitrogens with zero attached hydrogens (tertiary/aromatic N) is 5. The quantitative estimate of drug-likeness (QED) is 0.345. The molecule has 4 aromatic rings. The van der Waals surface area contributed by atoms with Gasteiger partial charge in [0.2, 0.25) is 0 Å². The van der Waals surface area contributed by atoms with Crippen molar-refractivity contribution in [3.8, 4) is 22.0 Å². The molecule has 0 radical (unpaired) electrons. The summed E-state index contributed by atoms with van der Waals surface area (Å²) in [6, 6.07) is 15.6. The Morgan fingerprint density at radius 1 is 1.08 bits per heavy atom. The van der Waals surface area contributed by atoms with E-state index in [1.165, 1.54) is 12.8 Å². The highest BCUT2D eigenvalue weighted by Crippen LogP contribution is 2.43. The zero-order chi connectivity index (χ0) is 24.9. The minimum atomic E-state index is -0.160. The number of carbonyl (C=O) groups excluding carboxylic acids is 2. The van der Waals surface area contributed by atoms with Crippen LogP contribution in [0.4, 0.5) is 5.69 Å². The highest BCUT2D eigenvalue weighted by molar-refractivity contribution is 7.17. The molecule has 186 valence electrons. The second-order valence-electron chi connectivity index (χ2n) is 9.92. The van der Waals surface area contributed by atoms with Gasteiger partial charge in [-0.25, -0.2) is 4.98 Å². The van der Waals surface area contributed by atoms with Gasteiger partial charge in [-0.3, -0.25) is 9.59 Å². The number of benzene rings is 1. The average molecular weight is 512 g/mol. The van der Waals surface area contributed by atoms with Gasteiger partial charge in [0.15, 0.2) is 11.6 Å². The highest BCUT2D eigenvalue weighted by atomic mass is 32.1. The Hall–Kier alpha value is -3.69. The van der Waals surface area contributed by atoms with Gasteiger partial charge in [-0.1, -0.05) is 24.3 Å². The summed E-state index contributed by atoms with van der Waals surface area (Å²) in [7, 11) is 0. The molecule has 0 atom stereocenters. The fourth-order valence-corrected chi connectivity index (χ4v) is 6.22. The van der Waals surface area contributed by atoms with Gasteiger partial charge in [0.05, 0.1) is 29.8 Å². The van der Waals surface area contributed by atoms with Crippen molar-refractivity contribution in [3.63, 3.8) is 0 Å². The van der Waals surface area contributed by atoms with Gasteiger partial charge in [-0.05, 0) is 55.0 Å². The molecule has 0 N–H and O–H groups in total. The van der Waals surface area contributed by atoms with E-state index in [4.69, 9.17) is 9.72 Å². The number of rotatable bonds is 6. The van der Waals surface area contributed by atoms with E-state index < -0.39 is 0 Å². The first kappa shape index (κ1) is 22.5. The normalized spacial score (nSPS) is 17.0. The maximum absolute atomic E-state index is 13.8. The summed E-state index contributed by atoms with van der Waals surface area (Å²) in [5, 5.41) is 8.32. The number of anilines is 1. The number of fused-ring (bicyclic) bond motifs is 3. The first-order valence-corrected chi connectivity index (χ1v) is 13.5. The highest BCUT2D eigenvalue weighted by Gasteiger charge is 2.30. The van der Waals surface area contributed by atoms with Gasteiger partial charge in [-0.15, -0.1) is 21.5 Å². The summed E-state index contributed by atoms with van der Waals surface area (Å²) < 4.78 is 7.28. The van der Waals surface area contributed by atoms with Crippen molar-refractivity contribution >= 4 is 28.7 Å². The number of thiophene rings is 1.